The Hall–Kier alpha value is -3.00. The molecule has 0 radical (unpaired) electrons. The number of H-pyrrole nitrogens is 2. The van der Waals surface area contributed by atoms with E-state index in [1.165, 1.54) is 37.0 Å². The molecule has 2 aliphatic rings. The van der Waals surface area contributed by atoms with Gasteiger partial charge in [0.15, 0.2) is 0 Å². The number of hydrogen-bond donors (Lipinski definition) is 2. The van der Waals surface area contributed by atoms with Crippen molar-refractivity contribution in [1.29, 1.82) is 0 Å². The highest BCUT2D eigenvalue weighted by atomic mass is 15.3. The Balaban J connectivity index is 1.61. The SMILES string of the molecule is CC1(C)Cc2cc3[nH]c(cc4nc(cc5ccc(cc1n2)[nH]5)CC4(C)C)cc3CN(CCC[N+](C)(C)C)CCC[N+](C)(C)C. The standard InChI is InChI=1S/C37H57N7/c1-36(2)24-31-20-28-13-14-29(38-28)22-34-37(3,4)25-32(41-34)21-33-27(19-30(39-33)23-35(36)40-31)26-42(15-11-17-43(5,6)7)16-12-18-44(8,9)10/h13-14,19-23,38-39H,11-12,15-18,24-26H2,1-10H3/q+2. The lowest BCUT2D eigenvalue weighted by Crippen LogP contribution is -2.39. The van der Waals surface area contributed by atoms with E-state index in [0.717, 1.165) is 80.8 Å². The first-order valence-corrected chi connectivity index (χ1v) is 16.5. The Morgan fingerprint density at radius 3 is 1.70 bits per heavy atom. The van der Waals surface area contributed by atoms with E-state index in [2.05, 4.69) is 127 Å². The zero-order valence-electron chi connectivity index (χ0n) is 29.1. The van der Waals surface area contributed by atoms with Gasteiger partial charge in [0.05, 0.1) is 55.4 Å². The molecule has 5 heterocycles. The van der Waals surface area contributed by atoms with Crippen molar-refractivity contribution in [3.8, 4) is 0 Å². The number of rotatable bonds is 10. The fourth-order valence-corrected chi connectivity index (χ4v) is 6.56. The highest BCUT2D eigenvalue weighted by molar-refractivity contribution is 5.67. The summed E-state index contributed by atoms with van der Waals surface area (Å²) < 4.78 is 2.00. The van der Waals surface area contributed by atoms with Crippen molar-refractivity contribution in [3.63, 3.8) is 0 Å². The molecule has 3 aromatic rings. The summed E-state index contributed by atoms with van der Waals surface area (Å²) in [6, 6.07) is 15.7. The van der Waals surface area contributed by atoms with E-state index in [9.17, 15) is 0 Å². The average molecular weight is 600 g/mol. The quantitative estimate of drug-likeness (QED) is 0.267. The van der Waals surface area contributed by atoms with Crippen molar-refractivity contribution >= 4 is 22.1 Å². The Bertz CT molecular complexity index is 1610. The molecule has 44 heavy (non-hydrogen) atoms. The summed E-state index contributed by atoms with van der Waals surface area (Å²) >= 11 is 0. The van der Waals surface area contributed by atoms with E-state index in [0.29, 0.717) is 0 Å². The average Bonchev–Trinajstić information content (AvgIpc) is 3.59. The number of fused-ring (bicyclic) bond motifs is 8. The molecule has 0 aromatic carbocycles. The predicted octanol–water partition coefficient (Wildman–Crippen LogP) is 6.35. The number of aromatic nitrogens is 4. The van der Waals surface area contributed by atoms with E-state index in [-0.39, 0.29) is 10.8 Å². The topological polar surface area (TPSA) is 60.6 Å². The molecule has 0 saturated heterocycles. The van der Waals surface area contributed by atoms with E-state index in [1.54, 1.807) is 0 Å². The molecule has 0 aliphatic carbocycles. The molecule has 0 spiro atoms. The van der Waals surface area contributed by atoms with Crippen LogP contribution in [0.5, 0.6) is 0 Å². The molecule has 5 rings (SSSR count). The van der Waals surface area contributed by atoms with Gasteiger partial charge in [0.25, 0.3) is 0 Å². The first kappa shape index (κ1) is 32.4. The minimum Gasteiger partial charge on any atom is -0.355 e. The highest BCUT2D eigenvalue weighted by Gasteiger charge is 2.30. The van der Waals surface area contributed by atoms with Gasteiger partial charge in [-0.15, -0.1) is 0 Å². The molecular weight excluding hydrogens is 542 g/mol. The van der Waals surface area contributed by atoms with E-state index >= 15 is 0 Å². The second-order valence-electron chi connectivity index (χ2n) is 16.7. The Labute approximate surface area is 265 Å². The molecule has 2 N–H and O–H groups in total. The van der Waals surface area contributed by atoms with E-state index < -0.39 is 0 Å². The fraction of sp³-hybridized carbons (Fsp3) is 0.568. The smallest absolute Gasteiger partial charge is 0.0792 e. The lowest BCUT2D eigenvalue weighted by Gasteiger charge is -2.28. The normalized spacial score (nSPS) is 16.5. The van der Waals surface area contributed by atoms with Crippen LogP contribution in [0, 0.1) is 0 Å². The van der Waals surface area contributed by atoms with Gasteiger partial charge in [0, 0.05) is 101 Å². The molecule has 0 fully saturated rings. The molecular formula is C37H57N7+2. The molecule has 0 saturated carbocycles. The summed E-state index contributed by atoms with van der Waals surface area (Å²) in [6.07, 6.45) is 4.22. The van der Waals surface area contributed by atoms with Gasteiger partial charge in [-0.3, -0.25) is 14.9 Å². The van der Waals surface area contributed by atoms with Crippen LogP contribution >= 0.6 is 0 Å². The summed E-state index contributed by atoms with van der Waals surface area (Å²) in [5.41, 5.74) is 10.3. The van der Waals surface area contributed by atoms with Gasteiger partial charge in [-0.2, -0.15) is 0 Å². The molecule has 3 aromatic heterocycles. The third-order valence-corrected chi connectivity index (χ3v) is 9.06. The van der Waals surface area contributed by atoms with Crippen LogP contribution in [-0.4, -0.2) is 102 Å². The minimum absolute atomic E-state index is 0.0258. The van der Waals surface area contributed by atoms with Crippen LogP contribution in [0.2, 0.25) is 0 Å². The lowest BCUT2D eigenvalue weighted by atomic mass is 9.87. The Morgan fingerprint density at radius 2 is 1.16 bits per heavy atom. The molecule has 0 unspecified atom stereocenters. The maximum atomic E-state index is 5.19. The van der Waals surface area contributed by atoms with Crippen molar-refractivity contribution in [3.05, 3.63) is 70.8 Å². The summed E-state index contributed by atoms with van der Waals surface area (Å²) in [4.78, 5) is 20.4. The number of nitrogens with one attached hydrogen (secondary N) is 2. The second-order valence-corrected chi connectivity index (χ2v) is 16.7. The number of hydrogen-bond acceptors (Lipinski definition) is 3. The van der Waals surface area contributed by atoms with E-state index in [4.69, 9.17) is 9.97 Å². The zero-order valence-corrected chi connectivity index (χ0v) is 29.1. The van der Waals surface area contributed by atoms with Crippen LogP contribution in [0.25, 0.3) is 22.1 Å². The molecule has 0 amide bonds. The molecule has 0 atom stereocenters. The summed E-state index contributed by atoms with van der Waals surface area (Å²) in [5, 5.41) is 0. The fourth-order valence-electron chi connectivity index (χ4n) is 6.56. The van der Waals surface area contributed by atoms with Gasteiger partial charge in [0.2, 0.25) is 0 Å². The van der Waals surface area contributed by atoms with Crippen molar-refractivity contribution < 1.29 is 8.97 Å². The monoisotopic (exact) mass is 599 g/mol. The van der Waals surface area contributed by atoms with E-state index in [1.807, 2.05) is 0 Å². The first-order chi connectivity index (χ1) is 20.4. The number of nitrogens with zero attached hydrogens (tertiary/aromatic N) is 5. The van der Waals surface area contributed by atoms with Crippen LogP contribution in [0.15, 0.2) is 42.5 Å². The van der Waals surface area contributed by atoms with Gasteiger partial charge >= 0.3 is 0 Å². The maximum absolute atomic E-state index is 5.19. The van der Waals surface area contributed by atoms with Crippen LogP contribution < -0.4 is 0 Å². The van der Waals surface area contributed by atoms with Crippen LogP contribution in [-0.2, 0) is 30.2 Å². The van der Waals surface area contributed by atoms with Gasteiger partial charge in [-0.1, -0.05) is 27.7 Å². The number of aromatic amines is 2. The third kappa shape index (κ3) is 8.38. The van der Waals surface area contributed by atoms with Crippen LogP contribution in [0.4, 0.5) is 0 Å². The number of quaternary nitrogens is 2. The minimum atomic E-state index is -0.0258. The molecule has 2 aliphatic heterocycles. The van der Waals surface area contributed by atoms with Gasteiger partial charge in [0.1, 0.15) is 0 Å². The predicted molar refractivity (Wildman–Crippen MR) is 185 cm³/mol. The summed E-state index contributed by atoms with van der Waals surface area (Å²) in [7, 11) is 13.7. The Morgan fingerprint density at radius 1 is 0.659 bits per heavy atom. The van der Waals surface area contributed by atoms with Crippen molar-refractivity contribution in [2.75, 3.05) is 68.5 Å². The summed E-state index contributed by atoms with van der Waals surface area (Å²) in [5.74, 6) is 0. The zero-order chi connectivity index (χ0) is 31.9. The molecule has 7 heteroatoms. The third-order valence-electron chi connectivity index (χ3n) is 9.06. The molecule has 7 nitrogen and oxygen atoms in total. The van der Waals surface area contributed by atoms with Crippen LogP contribution in [0.1, 0.15) is 68.9 Å². The van der Waals surface area contributed by atoms with Crippen molar-refractivity contribution in [2.45, 2.75) is 70.8 Å². The Kier molecular flexibility index (Phi) is 8.89. The van der Waals surface area contributed by atoms with Crippen LogP contribution in [0.3, 0.4) is 0 Å². The summed E-state index contributed by atoms with van der Waals surface area (Å²) in [6.45, 7) is 14.7. The molecule has 8 bridgehead atoms. The second kappa shape index (κ2) is 12.1. The largest absolute Gasteiger partial charge is 0.355 e. The first-order valence-electron chi connectivity index (χ1n) is 16.5. The molecule has 238 valence electrons. The van der Waals surface area contributed by atoms with Crippen molar-refractivity contribution in [1.82, 2.24) is 24.8 Å². The van der Waals surface area contributed by atoms with Gasteiger partial charge < -0.3 is 18.9 Å². The van der Waals surface area contributed by atoms with Gasteiger partial charge in [-0.25, -0.2) is 0 Å². The highest BCUT2D eigenvalue weighted by Crippen LogP contribution is 2.33. The van der Waals surface area contributed by atoms with Gasteiger partial charge in [-0.05, 0) is 48.0 Å². The lowest BCUT2D eigenvalue weighted by molar-refractivity contribution is -0.870. The maximum Gasteiger partial charge on any atom is 0.0792 e. The van der Waals surface area contributed by atoms with Crippen molar-refractivity contribution in [2.24, 2.45) is 0 Å².